The molecule has 4 nitrogen and oxygen atoms in total. The van der Waals surface area contributed by atoms with E-state index in [1.807, 2.05) is 0 Å². The lowest BCUT2D eigenvalue weighted by Crippen LogP contribution is -2.38. The number of carbonyl (C=O) groups excluding carboxylic acids is 1. The highest BCUT2D eigenvalue weighted by molar-refractivity contribution is 7.11. The number of likely N-dealkylation sites (tertiary alicyclic amines) is 1. The van der Waals surface area contributed by atoms with E-state index >= 15 is 0 Å². The zero-order valence-corrected chi connectivity index (χ0v) is 18.5. The molecular formula is C22H23F6N3OS. The second kappa shape index (κ2) is 9.23. The molecule has 0 unspecified atom stereocenters. The number of nitrogens with zero attached hydrogens (tertiary/aromatic N) is 3. The highest BCUT2D eigenvalue weighted by atomic mass is 32.1. The molecule has 1 amide bonds. The Hall–Kier alpha value is -2.17. The Morgan fingerprint density at radius 2 is 1.48 bits per heavy atom. The van der Waals surface area contributed by atoms with Crippen LogP contribution in [0.25, 0.3) is 0 Å². The Bertz CT molecular complexity index is 956. The smallest absolute Gasteiger partial charge is 0.339 e. The first-order valence-electron chi connectivity index (χ1n) is 10.9. The van der Waals surface area contributed by atoms with Crippen molar-refractivity contribution < 1.29 is 31.1 Å². The number of halogens is 6. The van der Waals surface area contributed by atoms with Gasteiger partial charge in [0.2, 0.25) is 0 Å². The van der Waals surface area contributed by atoms with Crippen LogP contribution in [0.15, 0.2) is 18.2 Å². The number of hydrogen-bond acceptors (Lipinski definition) is 4. The average molecular weight is 492 g/mol. The lowest BCUT2D eigenvalue weighted by Gasteiger charge is -2.31. The van der Waals surface area contributed by atoms with Gasteiger partial charge in [-0.15, -0.1) is 21.5 Å². The molecule has 1 aliphatic heterocycles. The van der Waals surface area contributed by atoms with Gasteiger partial charge in [0, 0.05) is 31.0 Å². The number of rotatable bonds is 4. The molecule has 1 saturated carbocycles. The fraction of sp³-hybridized carbons (Fsp3) is 0.591. The van der Waals surface area contributed by atoms with E-state index in [0.717, 1.165) is 16.4 Å². The standard InChI is InChI=1S/C22H23F6N3OS/c23-21(24,25)16-10-15(11-17(12-16)22(26,27)28)20(32)31-7-5-14(6-8-31)19-30-29-18(33-19)9-13-3-1-2-4-13/h10-14H,1-9H2. The topological polar surface area (TPSA) is 46.1 Å². The molecule has 4 rings (SSSR count). The van der Waals surface area contributed by atoms with Gasteiger partial charge in [-0.1, -0.05) is 25.7 Å². The maximum Gasteiger partial charge on any atom is 0.416 e. The summed E-state index contributed by atoms with van der Waals surface area (Å²) in [4.78, 5) is 14.1. The number of hydrogen-bond donors (Lipinski definition) is 0. The van der Waals surface area contributed by atoms with E-state index in [2.05, 4.69) is 10.2 Å². The van der Waals surface area contributed by atoms with Crippen LogP contribution < -0.4 is 0 Å². The van der Waals surface area contributed by atoms with E-state index in [9.17, 15) is 31.1 Å². The molecule has 0 spiro atoms. The van der Waals surface area contributed by atoms with Gasteiger partial charge in [0.05, 0.1) is 11.1 Å². The Kier molecular flexibility index (Phi) is 6.70. The normalized spacial score (nSPS) is 18.8. The number of carbonyl (C=O) groups is 1. The summed E-state index contributed by atoms with van der Waals surface area (Å²) in [5.41, 5.74) is -3.58. The van der Waals surface area contributed by atoms with E-state index in [-0.39, 0.29) is 25.1 Å². The van der Waals surface area contributed by atoms with Crippen molar-refractivity contribution in [2.24, 2.45) is 5.92 Å². The molecule has 11 heteroatoms. The van der Waals surface area contributed by atoms with Crippen LogP contribution in [0.3, 0.4) is 0 Å². The van der Waals surface area contributed by atoms with Gasteiger partial charge < -0.3 is 4.90 Å². The molecule has 0 atom stereocenters. The van der Waals surface area contributed by atoms with Crippen LogP contribution in [-0.4, -0.2) is 34.1 Å². The van der Waals surface area contributed by atoms with Crippen LogP contribution in [0.1, 0.15) is 75.9 Å². The van der Waals surface area contributed by atoms with Crippen LogP contribution >= 0.6 is 11.3 Å². The van der Waals surface area contributed by atoms with Gasteiger partial charge in [0.25, 0.3) is 5.91 Å². The third-order valence-corrected chi connectivity index (χ3v) is 7.49. The second-order valence-electron chi connectivity index (χ2n) is 8.75. The molecule has 33 heavy (non-hydrogen) atoms. The average Bonchev–Trinajstić information content (AvgIpc) is 3.44. The van der Waals surface area contributed by atoms with Gasteiger partial charge >= 0.3 is 12.4 Å². The van der Waals surface area contributed by atoms with E-state index in [0.29, 0.717) is 30.9 Å². The van der Waals surface area contributed by atoms with Crippen molar-refractivity contribution in [3.63, 3.8) is 0 Å². The van der Waals surface area contributed by atoms with E-state index in [1.165, 1.54) is 30.6 Å². The van der Waals surface area contributed by atoms with Gasteiger partial charge in [-0.3, -0.25) is 4.79 Å². The first kappa shape index (κ1) is 24.0. The summed E-state index contributed by atoms with van der Waals surface area (Å²) in [7, 11) is 0. The highest BCUT2D eigenvalue weighted by Gasteiger charge is 2.38. The fourth-order valence-corrected chi connectivity index (χ4v) is 5.69. The first-order valence-corrected chi connectivity index (χ1v) is 11.7. The third-order valence-electron chi connectivity index (χ3n) is 6.39. The molecular weight excluding hydrogens is 468 g/mol. The van der Waals surface area contributed by atoms with Gasteiger partial charge in [-0.25, -0.2) is 0 Å². The highest BCUT2D eigenvalue weighted by Crippen LogP contribution is 2.37. The third kappa shape index (κ3) is 5.67. The first-order chi connectivity index (χ1) is 15.5. The predicted molar refractivity (Wildman–Crippen MR) is 110 cm³/mol. The molecule has 0 N–H and O–H groups in total. The SMILES string of the molecule is O=C(c1cc(C(F)(F)F)cc(C(F)(F)F)c1)N1CCC(c2nnc(CC3CCCC3)s2)CC1. The minimum absolute atomic E-state index is 0.0294. The maximum atomic E-state index is 13.1. The van der Waals surface area contributed by atoms with Crippen molar-refractivity contribution in [1.29, 1.82) is 0 Å². The van der Waals surface area contributed by atoms with Crippen molar-refractivity contribution in [3.8, 4) is 0 Å². The number of amides is 1. The predicted octanol–water partition coefficient (Wildman–Crippen LogP) is 6.33. The number of piperidine rings is 1. The van der Waals surface area contributed by atoms with Gasteiger partial charge in [-0.05, 0) is 37.0 Å². The van der Waals surface area contributed by atoms with E-state index in [1.54, 1.807) is 11.3 Å². The molecule has 2 heterocycles. The summed E-state index contributed by atoms with van der Waals surface area (Å²) in [6.07, 6.45) is -3.06. The summed E-state index contributed by atoms with van der Waals surface area (Å²) in [6.45, 7) is 0.470. The number of aromatic nitrogens is 2. The van der Waals surface area contributed by atoms with Crippen molar-refractivity contribution in [2.45, 2.75) is 63.2 Å². The minimum atomic E-state index is -4.99. The van der Waals surface area contributed by atoms with Crippen LogP contribution in [-0.2, 0) is 18.8 Å². The van der Waals surface area contributed by atoms with E-state index in [4.69, 9.17) is 0 Å². The van der Waals surface area contributed by atoms with Crippen LogP contribution in [0, 0.1) is 5.92 Å². The summed E-state index contributed by atoms with van der Waals surface area (Å²) in [5.74, 6) is -0.0975. The summed E-state index contributed by atoms with van der Waals surface area (Å²) >= 11 is 1.57. The van der Waals surface area contributed by atoms with Crippen LogP contribution in [0.2, 0.25) is 0 Å². The summed E-state index contributed by atoms with van der Waals surface area (Å²) in [6, 6.07) is 1.01. The largest absolute Gasteiger partial charge is 0.416 e. The van der Waals surface area contributed by atoms with Crippen molar-refractivity contribution in [2.75, 3.05) is 13.1 Å². The van der Waals surface area contributed by atoms with Crippen molar-refractivity contribution in [3.05, 3.63) is 44.9 Å². The minimum Gasteiger partial charge on any atom is -0.339 e. The number of alkyl halides is 6. The molecule has 0 bridgehead atoms. The molecule has 2 fully saturated rings. The fourth-order valence-electron chi connectivity index (χ4n) is 4.57. The zero-order chi connectivity index (χ0) is 23.8. The molecule has 1 aromatic carbocycles. The molecule has 180 valence electrons. The Labute approximate surface area is 191 Å². The maximum absolute atomic E-state index is 13.1. The molecule has 1 aliphatic carbocycles. The van der Waals surface area contributed by atoms with Crippen molar-refractivity contribution >= 4 is 17.2 Å². The van der Waals surface area contributed by atoms with Gasteiger partial charge in [-0.2, -0.15) is 26.3 Å². The molecule has 2 aliphatic rings. The Balaban J connectivity index is 1.43. The monoisotopic (exact) mass is 491 g/mol. The van der Waals surface area contributed by atoms with Gasteiger partial charge in [0.1, 0.15) is 10.0 Å². The van der Waals surface area contributed by atoms with E-state index < -0.39 is 35.0 Å². The lowest BCUT2D eigenvalue weighted by atomic mass is 9.96. The second-order valence-corrected chi connectivity index (χ2v) is 9.84. The molecule has 1 saturated heterocycles. The zero-order valence-electron chi connectivity index (χ0n) is 17.7. The Morgan fingerprint density at radius 3 is 2.03 bits per heavy atom. The molecule has 2 aromatic rings. The summed E-state index contributed by atoms with van der Waals surface area (Å²) < 4.78 is 78.6. The quantitative estimate of drug-likeness (QED) is 0.470. The number of benzene rings is 1. The summed E-state index contributed by atoms with van der Waals surface area (Å²) in [5, 5.41) is 10.5. The Morgan fingerprint density at radius 1 is 0.909 bits per heavy atom. The molecule has 1 aromatic heterocycles. The van der Waals surface area contributed by atoms with Crippen molar-refractivity contribution in [1.82, 2.24) is 15.1 Å². The van der Waals surface area contributed by atoms with Gasteiger partial charge in [0.15, 0.2) is 0 Å². The van der Waals surface area contributed by atoms with Crippen LogP contribution in [0.5, 0.6) is 0 Å². The van der Waals surface area contributed by atoms with Crippen LogP contribution in [0.4, 0.5) is 26.3 Å². The lowest BCUT2D eigenvalue weighted by molar-refractivity contribution is -0.143. The molecule has 0 radical (unpaired) electrons.